The normalized spacial score (nSPS) is 14.7. The standard InChI is InChI=1S/C28H40N2O3/c1-2-3-4-5-11-21-32-27-15-10-9-14-26(27)29-28(31)33-22-20-30-18-16-25(17-19-30)23-24-12-7-6-8-13-24/h6-10,12-15,25H,2-5,11,16-23H2,1H3,(H,29,31). The number of anilines is 1. The minimum Gasteiger partial charge on any atom is -0.491 e. The number of piperidine rings is 1. The van der Waals surface area contributed by atoms with E-state index in [1.54, 1.807) is 0 Å². The van der Waals surface area contributed by atoms with Crippen molar-refractivity contribution >= 4 is 11.8 Å². The first kappa shape index (κ1) is 25.1. The molecule has 0 aliphatic carbocycles. The molecule has 33 heavy (non-hydrogen) atoms. The second-order valence-electron chi connectivity index (χ2n) is 8.99. The number of rotatable bonds is 13. The minimum absolute atomic E-state index is 0.398. The van der Waals surface area contributed by atoms with Gasteiger partial charge in [0.15, 0.2) is 0 Å². The number of benzene rings is 2. The maximum atomic E-state index is 12.3. The number of ether oxygens (including phenoxy) is 2. The van der Waals surface area contributed by atoms with Crippen molar-refractivity contribution in [1.82, 2.24) is 4.90 Å². The smallest absolute Gasteiger partial charge is 0.411 e. The van der Waals surface area contributed by atoms with E-state index in [2.05, 4.69) is 47.5 Å². The SMILES string of the molecule is CCCCCCCOc1ccccc1NC(=O)OCCN1CCC(Cc2ccccc2)CC1. The lowest BCUT2D eigenvalue weighted by Crippen LogP contribution is -2.37. The molecule has 1 fully saturated rings. The topological polar surface area (TPSA) is 50.8 Å². The van der Waals surface area contributed by atoms with Crippen LogP contribution in [0.1, 0.15) is 57.4 Å². The number of nitrogens with one attached hydrogen (secondary N) is 1. The van der Waals surface area contributed by atoms with Crippen LogP contribution in [0.5, 0.6) is 5.75 Å². The molecule has 0 saturated carbocycles. The van der Waals surface area contributed by atoms with Gasteiger partial charge in [-0.1, -0.05) is 75.1 Å². The summed E-state index contributed by atoms with van der Waals surface area (Å²) in [5.74, 6) is 1.45. The Kier molecular flexibility index (Phi) is 11.1. The highest BCUT2D eigenvalue weighted by molar-refractivity contribution is 5.86. The van der Waals surface area contributed by atoms with Gasteiger partial charge in [0.25, 0.3) is 0 Å². The summed E-state index contributed by atoms with van der Waals surface area (Å²) in [6, 6.07) is 18.3. The van der Waals surface area contributed by atoms with Crippen molar-refractivity contribution in [1.29, 1.82) is 0 Å². The van der Waals surface area contributed by atoms with Crippen LogP contribution in [0.25, 0.3) is 0 Å². The van der Waals surface area contributed by atoms with Gasteiger partial charge in [0.1, 0.15) is 12.4 Å². The van der Waals surface area contributed by atoms with Crippen LogP contribution in [0.3, 0.4) is 0 Å². The summed E-state index contributed by atoms with van der Waals surface area (Å²) in [5.41, 5.74) is 2.09. The highest BCUT2D eigenvalue weighted by Gasteiger charge is 2.19. The maximum absolute atomic E-state index is 12.3. The molecule has 5 nitrogen and oxygen atoms in total. The van der Waals surface area contributed by atoms with Crippen LogP contribution in [-0.4, -0.2) is 43.8 Å². The van der Waals surface area contributed by atoms with Gasteiger partial charge in [-0.25, -0.2) is 4.79 Å². The van der Waals surface area contributed by atoms with Crippen molar-refractivity contribution in [3.05, 3.63) is 60.2 Å². The number of hydrogen-bond donors (Lipinski definition) is 1. The molecule has 2 aromatic carbocycles. The number of unbranched alkanes of at least 4 members (excludes halogenated alkanes) is 4. The fraction of sp³-hybridized carbons (Fsp3) is 0.536. The third-order valence-electron chi connectivity index (χ3n) is 6.34. The fourth-order valence-corrected chi connectivity index (χ4v) is 4.36. The zero-order chi connectivity index (χ0) is 23.1. The molecule has 1 aliphatic rings. The van der Waals surface area contributed by atoms with E-state index in [0.717, 1.165) is 38.4 Å². The highest BCUT2D eigenvalue weighted by Crippen LogP contribution is 2.24. The van der Waals surface area contributed by atoms with Crippen molar-refractivity contribution in [2.24, 2.45) is 5.92 Å². The Bertz CT molecular complexity index is 804. The van der Waals surface area contributed by atoms with Crippen molar-refractivity contribution in [3.63, 3.8) is 0 Å². The first-order valence-corrected chi connectivity index (χ1v) is 12.7. The van der Waals surface area contributed by atoms with Crippen LogP contribution in [0.2, 0.25) is 0 Å². The van der Waals surface area contributed by atoms with E-state index in [1.165, 1.54) is 44.1 Å². The van der Waals surface area contributed by atoms with Gasteiger partial charge in [-0.15, -0.1) is 0 Å². The first-order chi connectivity index (χ1) is 16.2. The first-order valence-electron chi connectivity index (χ1n) is 12.7. The summed E-state index contributed by atoms with van der Waals surface area (Å²) in [6.45, 7) is 6.19. The molecule has 180 valence electrons. The molecular weight excluding hydrogens is 412 g/mol. The monoisotopic (exact) mass is 452 g/mol. The molecule has 2 aromatic rings. The lowest BCUT2D eigenvalue weighted by Gasteiger charge is -2.31. The van der Waals surface area contributed by atoms with Gasteiger partial charge in [-0.3, -0.25) is 10.2 Å². The Hall–Kier alpha value is -2.53. The van der Waals surface area contributed by atoms with Gasteiger partial charge < -0.3 is 9.47 Å². The summed E-state index contributed by atoms with van der Waals surface area (Å²) < 4.78 is 11.3. The Balaban J connectivity index is 1.31. The Morgan fingerprint density at radius 1 is 0.939 bits per heavy atom. The van der Waals surface area contributed by atoms with Gasteiger partial charge in [0.2, 0.25) is 0 Å². The van der Waals surface area contributed by atoms with E-state index in [1.807, 2.05) is 24.3 Å². The molecule has 0 aromatic heterocycles. The second kappa shape index (κ2) is 14.6. The summed E-state index contributed by atoms with van der Waals surface area (Å²) in [5, 5.41) is 2.84. The zero-order valence-corrected chi connectivity index (χ0v) is 20.1. The zero-order valence-electron chi connectivity index (χ0n) is 20.1. The fourth-order valence-electron chi connectivity index (χ4n) is 4.36. The van der Waals surface area contributed by atoms with Crippen molar-refractivity contribution in [2.45, 2.75) is 58.3 Å². The number of carbonyl (C=O) groups excluding carboxylic acids is 1. The van der Waals surface area contributed by atoms with Crippen LogP contribution < -0.4 is 10.1 Å². The third kappa shape index (κ3) is 9.47. The van der Waals surface area contributed by atoms with Crippen molar-refractivity contribution < 1.29 is 14.3 Å². The van der Waals surface area contributed by atoms with Gasteiger partial charge in [-0.2, -0.15) is 0 Å². The van der Waals surface area contributed by atoms with Gasteiger partial charge >= 0.3 is 6.09 Å². The molecule has 1 heterocycles. The molecule has 0 bridgehead atoms. The average molecular weight is 453 g/mol. The highest BCUT2D eigenvalue weighted by atomic mass is 16.5. The second-order valence-corrected chi connectivity index (χ2v) is 8.99. The molecule has 1 aliphatic heterocycles. The van der Waals surface area contributed by atoms with Crippen LogP contribution in [0, 0.1) is 5.92 Å². The number of amides is 1. The summed E-state index contributed by atoms with van der Waals surface area (Å²) in [6.07, 6.45) is 9.10. The summed E-state index contributed by atoms with van der Waals surface area (Å²) in [7, 11) is 0. The third-order valence-corrected chi connectivity index (χ3v) is 6.34. The van der Waals surface area contributed by atoms with Crippen molar-refractivity contribution in [2.75, 3.05) is 38.2 Å². The molecule has 3 rings (SSSR count). The van der Waals surface area contributed by atoms with Crippen LogP contribution in [0.4, 0.5) is 10.5 Å². The molecule has 0 atom stereocenters. The molecule has 1 saturated heterocycles. The van der Waals surface area contributed by atoms with Crippen LogP contribution >= 0.6 is 0 Å². The number of hydrogen-bond acceptors (Lipinski definition) is 4. The molecular formula is C28H40N2O3. The van der Waals surface area contributed by atoms with Gasteiger partial charge in [0, 0.05) is 6.54 Å². The number of likely N-dealkylation sites (tertiary alicyclic amines) is 1. The molecule has 1 amide bonds. The van der Waals surface area contributed by atoms with E-state index in [0.29, 0.717) is 24.7 Å². The average Bonchev–Trinajstić information content (AvgIpc) is 2.84. The van der Waals surface area contributed by atoms with E-state index in [9.17, 15) is 4.79 Å². The van der Waals surface area contributed by atoms with Gasteiger partial charge in [0.05, 0.1) is 12.3 Å². The molecule has 5 heteroatoms. The Morgan fingerprint density at radius 3 is 2.45 bits per heavy atom. The van der Waals surface area contributed by atoms with E-state index < -0.39 is 6.09 Å². The molecule has 1 N–H and O–H groups in total. The number of nitrogens with zero attached hydrogens (tertiary/aromatic N) is 1. The van der Waals surface area contributed by atoms with Gasteiger partial charge in [-0.05, 0) is 62.4 Å². The Morgan fingerprint density at radius 2 is 1.67 bits per heavy atom. The number of para-hydroxylation sites is 2. The van der Waals surface area contributed by atoms with Crippen LogP contribution in [-0.2, 0) is 11.2 Å². The van der Waals surface area contributed by atoms with E-state index in [-0.39, 0.29) is 0 Å². The molecule has 0 spiro atoms. The van der Waals surface area contributed by atoms with E-state index in [4.69, 9.17) is 9.47 Å². The minimum atomic E-state index is -0.423. The Labute approximate surface area is 199 Å². The largest absolute Gasteiger partial charge is 0.491 e. The molecule has 0 unspecified atom stereocenters. The number of carbonyl (C=O) groups is 1. The van der Waals surface area contributed by atoms with Crippen molar-refractivity contribution in [3.8, 4) is 5.75 Å². The van der Waals surface area contributed by atoms with Crippen LogP contribution in [0.15, 0.2) is 54.6 Å². The summed E-state index contributed by atoms with van der Waals surface area (Å²) in [4.78, 5) is 14.7. The lowest BCUT2D eigenvalue weighted by atomic mass is 9.90. The summed E-state index contributed by atoms with van der Waals surface area (Å²) >= 11 is 0. The maximum Gasteiger partial charge on any atom is 0.411 e. The predicted octanol–water partition coefficient (Wildman–Crippen LogP) is 6.54. The molecule has 0 radical (unpaired) electrons. The lowest BCUT2D eigenvalue weighted by molar-refractivity contribution is 0.121. The van der Waals surface area contributed by atoms with E-state index >= 15 is 0 Å². The quantitative estimate of drug-likeness (QED) is 0.351. The predicted molar refractivity (Wildman–Crippen MR) is 135 cm³/mol.